The van der Waals surface area contributed by atoms with E-state index in [-0.39, 0.29) is 12.1 Å². The fourth-order valence-corrected chi connectivity index (χ4v) is 1.74. The first-order valence-electron chi connectivity index (χ1n) is 5.14. The molecular weight excluding hydrogens is 196 g/mol. The molecule has 0 spiro atoms. The Balaban J connectivity index is 3.03. The zero-order chi connectivity index (χ0) is 11.4. The normalized spacial score (nSPS) is 20.9. The minimum Gasteiger partial charge on any atom is -0.478 e. The Labute approximate surface area is 88.5 Å². The Hall–Kier alpha value is -1.52. The molecule has 0 fully saturated rings. The summed E-state index contributed by atoms with van der Waals surface area (Å²) in [5, 5.41) is 14.2. The average Bonchev–Trinajstić information content (AvgIpc) is 2.16. The molecule has 1 aliphatic heterocycles. The Morgan fingerprint density at radius 2 is 2.13 bits per heavy atom. The first-order valence-corrected chi connectivity index (χ1v) is 5.14. The maximum absolute atomic E-state index is 11.2. The van der Waals surface area contributed by atoms with Crippen LogP contribution in [0.4, 0.5) is 4.79 Å². The van der Waals surface area contributed by atoms with Crippen molar-refractivity contribution in [3.05, 3.63) is 11.3 Å². The number of nitrogens with one attached hydrogen (secondary N) is 2. The largest absolute Gasteiger partial charge is 0.478 e. The molecule has 2 amide bonds. The molecule has 15 heavy (non-hydrogen) atoms. The molecule has 0 bridgehead atoms. The van der Waals surface area contributed by atoms with Gasteiger partial charge in [-0.3, -0.25) is 0 Å². The molecule has 5 heteroatoms. The zero-order valence-corrected chi connectivity index (χ0v) is 8.96. The Bertz CT molecular complexity index is 310. The van der Waals surface area contributed by atoms with E-state index in [9.17, 15) is 9.59 Å². The van der Waals surface area contributed by atoms with Gasteiger partial charge >= 0.3 is 12.0 Å². The molecular formula is C10H16N2O3. The van der Waals surface area contributed by atoms with Crippen molar-refractivity contribution in [1.29, 1.82) is 0 Å². The van der Waals surface area contributed by atoms with Crippen LogP contribution < -0.4 is 10.6 Å². The van der Waals surface area contributed by atoms with Crippen LogP contribution in [0.3, 0.4) is 0 Å². The second kappa shape index (κ2) is 4.82. The standard InChI is InChI=1S/C10H16N2O3/c1-3-5-7-8(9(13)14)6(4-2)11-10(15)12-7/h7H,3-5H2,1-2H3,(H,13,14)(H2,11,12,15). The lowest BCUT2D eigenvalue weighted by Crippen LogP contribution is -2.50. The quantitative estimate of drug-likeness (QED) is 0.655. The van der Waals surface area contributed by atoms with Crippen molar-refractivity contribution in [3.8, 4) is 0 Å². The number of urea groups is 1. The molecule has 1 aliphatic rings. The summed E-state index contributed by atoms with van der Waals surface area (Å²) < 4.78 is 0. The van der Waals surface area contributed by atoms with Crippen molar-refractivity contribution in [1.82, 2.24) is 10.6 Å². The minimum atomic E-state index is -0.960. The van der Waals surface area contributed by atoms with Gasteiger partial charge in [-0.2, -0.15) is 0 Å². The fourth-order valence-electron chi connectivity index (χ4n) is 1.74. The first kappa shape index (κ1) is 11.6. The predicted molar refractivity (Wildman–Crippen MR) is 55.3 cm³/mol. The molecule has 1 unspecified atom stereocenters. The van der Waals surface area contributed by atoms with Crippen LogP contribution >= 0.6 is 0 Å². The highest BCUT2D eigenvalue weighted by Gasteiger charge is 2.29. The van der Waals surface area contributed by atoms with Crippen LogP contribution in [0.25, 0.3) is 0 Å². The number of hydrogen-bond acceptors (Lipinski definition) is 2. The van der Waals surface area contributed by atoms with Crippen molar-refractivity contribution in [3.63, 3.8) is 0 Å². The topological polar surface area (TPSA) is 78.4 Å². The molecule has 1 atom stereocenters. The maximum atomic E-state index is 11.2. The highest BCUT2D eigenvalue weighted by molar-refractivity contribution is 5.93. The van der Waals surface area contributed by atoms with Gasteiger partial charge in [0.05, 0.1) is 11.6 Å². The third-order valence-corrected chi connectivity index (χ3v) is 2.40. The molecule has 0 radical (unpaired) electrons. The summed E-state index contributed by atoms with van der Waals surface area (Å²) in [6.07, 6.45) is 2.01. The average molecular weight is 212 g/mol. The van der Waals surface area contributed by atoms with Crippen molar-refractivity contribution >= 4 is 12.0 Å². The number of rotatable bonds is 4. The molecule has 0 saturated heterocycles. The summed E-state index contributed by atoms with van der Waals surface area (Å²) >= 11 is 0. The molecule has 5 nitrogen and oxygen atoms in total. The first-order chi connectivity index (χ1) is 7.10. The molecule has 0 aromatic carbocycles. The predicted octanol–water partition coefficient (Wildman–Crippen LogP) is 1.22. The van der Waals surface area contributed by atoms with Gasteiger partial charge in [0.1, 0.15) is 0 Å². The van der Waals surface area contributed by atoms with Crippen LogP contribution in [0.2, 0.25) is 0 Å². The molecule has 0 saturated carbocycles. The van der Waals surface area contributed by atoms with Crippen molar-refractivity contribution in [2.75, 3.05) is 0 Å². The number of allylic oxidation sites excluding steroid dienone is 1. The van der Waals surface area contributed by atoms with Crippen LogP contribution in [-0.2, 0) is 4.79 Å². The van der Waals surface area contributed by atoms with E-state index in [0.717, 1.165) is 6.42 Å². The van der Waals surface area contributed by atoms with Gasteiger partial charge in [0.25, 0.3) is 0 Å². The third-order valence-electron chi connectivity index (χ3n) is 2.40. The lowest BCUT2D eigenvalue weighted by atomic mass is 9.97. The van der Waals surface area contributed by atoms with Crippen molar-refractivity contribution in [2.24, 2.45) is 0 Å². The van der Waals surface area contributed by atoms with Crippen LogP contribution in [0.5, 0.6) is 0 Å². The number of carboxylic acids is 1. The molecule has 1 heterocycles. The van der Waals surface area contributed by atoms with Crippen molar-refractivity contribution < 1.29 is 14.7 Å². The van der Waals surface area contributed by atoms with Crippen LogP contribution in [0.15, 0.2) is 11.3 Å². The smallest absolute Gasteiger partial charge is 0.335 e. The number of aliphatic carboxylic acids is 1. The highest BCUT2D eigenvalue weighted by Crippen LogP contribution is 2.18. The summed E-state index contributed by atoms with van der Waals surface area (Å²) in [7, 11) is 0. The molecule has 3 N–H and O–H groups in total. The van der Waals surface area contributed by atoms with Crippen LogP contribution in [-0.4, -0.2) is 23.1 Å². The number of carbonyl (C=O) groups excluding carboxylic acids is 1. The highest BCUT2D eigenvalue weighted by atomic mass is 16.4. The summed E-state index contributed by atoms with van der Waals surface area (Å²) in [6.45, 7) is 3.78. The summed E-state index contributed by atoms with van der Waals surface area (Å²) in [6, 6.07) is -0.675. The van der Waals surface area contributed by atoms with Gasteiger partial charge in [0, 0.05) is 5.70 Å². The molecule has 0 aromatic rings. The van der Waals surface area contributed by atoms with E-state index in [2.05, 4.69) is 10.6 Å². The summed E-state index contributed by atoms with van der Waals surface area (Å²) in [5.74, 6) is -0.960. The minimum absolute atomic E-state index is 0.291. The fraction of sp³-hybridized carbons (Fsp3) is 0.600. The number of carbonyl (C=O) groups is 2. The van der Waals surface area contributed by atoms with Crippen molar-refractivity contribution in [2.45, 2.75) is 39.2 Å². The van der Waals surface area contributed by atoms with E-state index in [4.69, 9.17) is 5.11 Å². The van der Waals surface area contributed by atoms with Crippen LogP contribution in [0.1, 0.15) is 33.1 Å². The number of amides is 2. The Morgan fingerprint density at radius 3 is 2.60 bits per heavy atom. The van der Waals surface area contributed by atoms with Gasteiger partial charge in [-0.15, -0.1) is 0 Å². The number of hydrogen-bond donors (Lipinski definition) is 3. The molecule has 84 valence electrons. The lowest BCUT2D eigenvalue weighted by Gasteiger charge is -2.27. The van der Waals surface area contributed by atoms with Gasteiger partial charge in [-0.05, 0) is 12.8 Å². The third kappa shape index (κ3) is 2.49. The molecule has 0 aliphatic carbocycles. The van der Waals surface area contributed by atoms with E-state index < -0.39 is 5.97 Å². The SMILES string of the molecule is CCCC1NC(=O)NC(CC)=C1C(=O)O. The van der Waals surface area contributed by atoms with Gasteiger partial charge in [0.15, 0.2) is 0 Å². The summed E-state index contributed by atoms with van der Waals surface area (Å²) in [5.41, 5.74) is 0.809. The number of carboxylic acid groups (broad SMARTS) is 1. The second-order valence-corrected chi connectivity index (χ2v) is 3.49. The van der Waals surface area contributed by atoms with Gasteiger partial charge in [-0.1, -0.05) is 20.3 Å². The second-order valence-electron chi connectivity index (χ2n) is 3.49. The molecule has 0 aromatic heterocycles. The van der Waals surface area contributed by atoms with E-state index in [0.29, 0.717) is 24.1 Å². The van der Waals surface area contributed by atoms with Gasteiger partial charge in [0.2, 0.25) is 0 Å². The monoisotopic (exact) mass is 212 g/mol. The Kier molecular flexibility index (Phi) is 3.71. The van der Waals surface area contributed by atoms with E-state index in [1.165, 1.54) is 0 Å². The molecule has 1 rings (SSSR count). The van der Waals surface area contributed by atoms with Gasteiger partial charge < -0.3 is 15.7 Å². The van der Waals surface area contributed by atoms with E-state index >= 15 is 0 Å². The Morgan fingerprint density at radius 1 is 1.47 bits per heavy atom. The maximum Gasteiger partial charge on any atom is 0.335 e. The van der Waals surface area contributed by atoms with E-state index in [1.54, 1.807) is 0 Å². The van der Waals surface area contributed by atoms with Gasteiger partial charge in [-0.25, -0.2) is 9.59 Å². The van der Waals surface area contributed by atoms with E-state index in [1.807, 2.05) is 13.8 Å². The van der Waals surface area contributed by atoms with Crippen LogP contribution in [0, 0.1) is 0 Å². The zero-order valence-electron chi connectivity index (χ0n) is 8.96. The summed E-state index contributed by atoms with van der Waals surface area (Å²) in [4.78, 5) is 22.3. The lowest BCUT2D eigenvalue weighted by molar-refractivity contribution is -0.133.